The summed E-state index contributed by atoms with van der Waals surface area (Å²) >= 11 is 0. The third-order valence-corrected chi connectivity index (χ3v) is 7.94. The summed E-state index contributed by atoms with van der Waals surface area (Å²) in [6.07, 6.45) is 8.99. The molecule has 29 heavy (non-hydrogen) atoms. The van der Waals surface area contributed by atoms with E-state index in [0.29, 0.717) is 38.2 Å². The van der Waals surface area contributed by atoms with Gasteiger partial charge in [0.05, 0.1) is 5.92 Å². The standard InChI is InChI=1S/C20H30N4O4S/c25-19(22-16-7-8-16)15-6-5-11-24(14-15)29(27,28)17-12-18(21-13-17)20(26)23-9-3-1-2-4-10-23/h12-13,15-16,21H,1-11,14H2,(H,22,25). The van der Waals surface area contributed by atoms with Gasteiger partial charge >= 0.3 is 0 Å². The normalized spacial score (nSPS) is 24.1. The van der Waals surface area contributed by atoms with Crippen molar-refractivity contribution >= 4 is 21.8 Å². The van der Waals surface area contributed by atoms with Gasteiger partial charge in [0.25, 0.3) is 5.91 Å². The summed E-state index contributed by atoms with van der Waals surface area (Å²) in [6, 6.07) is 1.71. The minimum absolute atomic E-state index is 0.0431. The number of nitrogens with zero attached hydrogens (tertiary/aromatic N) is 2. The molecule has 1 aliphatic carbocycles. The van der Waals surface area contributed by atoms with E-state index in [1.165, 1.54) is 16.6 Å². The minimum Gasteiger partial charge on any atom is -0.356 e. The van der Waals surface area contributed by atoms with Crippen LogP contribution >= 0.6 is 0 Å². The van der Waals surface area contributed by atoms with E-state index < -0.39 is 10.0 Å². The Morgan fingerprint density at radius 2 is 1.72 bits per heavy atom. The van der Waals surface area contributed by atoms with Crippen molar-refractivity contribution in [1.82, 2.24) is 19.5 Å². The highest BCUT2D eigenvalue weighted by Gasteiger charge is 2.36. The first-order valence-electron chi connectivity index (χ1n) is 10.7. The zero-order chi connectivity index (χ0) is 20.4. The molecule has 4 rings (SSSR count). The van der Waals surface area contributed by atoms with Crippen LogP contribution in [-0.4, -0.2) is 66.6 Å². The number of hydrogen-bond donors (Lipinski definition) is 2. The van der Waals surface area contributed by atoms with Crippen LogP contribution in [0.2, 0.25) is 0 Å². The molecule has 160 valence electrons. The van der Waals surface area contributed by atoms with E-state index in [-0.39, 0.29) is 35.2 Å². The lowest BCUT2D eigenvalue weighted by molar-refractivity contribution is -0.126. The Morgan fingerprint density at radius 1 is 1.00 bits per heavy atom. The van der Waals surface area contributed by atoms with Crippen molar-refractivity contribution in [1.29, 1.82) is 0 Å². The van der Waals surface area contributed by atoms with Gasteiger partial charge in [0.15, 0.2) is 0 Å². The maximum absolute atomic E-state index is 13.1. The second-order valence-electron chi connectivity index (χ2n) is 8.44. The van der Waals surface area contributed by atoms with E-state index in [1.54, 1.807) is 4.90 Å². The molecule has 2 saturated heterocycles. The summed E-state index contributed by atoms with van der Waals surface area (Å²) in [6.45, 7) is 2.02. The summed E-state index contributed by atoms with van der Waals surface area (Å²) in [5, 5.41) is 2.98. The SMILES string of the molecule is O=C(NC1CC1)C1CCCN(S(=O)(=O)c2c[nH]c(C(=O)N3CCCCCC3)c2)C1. The molecule has 1 saturated carbocycles. The van der Waals surface area contributed by atoms with E-state index in [4.69, 9.17) is 0 Å². The summed E-state index contributed by atoms with van der Waals surface area (Å²) in [5.74, 6) is -0.497. The largest absolute Gasteiger partial charge is 0.356 e. The predicted molar refractivity (Wildman–Crippen MR) is 108 cm³/mol. The number of amides is 2. The number of piperidine rings is 1. The third-order valence-electron chi connectivity index (χ3n) is 6.10. The van der Waals surface area contributed by atoms with Crippen LogP contribution in [0.25, 0.3) is 0 Å². The molecule has 3 heterocycles. The maximum atomic E-state index is 13.1. The van der Waals surface area contributed by atoms with Gasteiger partial charge < -0.3 is 15.2 Å². The Hall–Kier alpha value is -1.87. The Kier molecular flexibility index (Phi) is 5.96. The lowest BCUT2D eigenvalue weighted by atomic mass is 9.99. The van der Waals surface area contributed by atoms with E-state index in [9.17, 15) is 18.0 Å². The van der Waals surface area contributed by atoms with Crippen molar-refractivity contribution < 1.29 is 18.0 Å². The smallest absolute Gasteiger partial charge is 0.270 e. The third kappa shape index (κ3) is 4.66. The first-order valence-corrected chi connectivity index (χ1v) is 12.2. The van der Waals surface area contributed by atoms with Crippen LogP contribution in [0, 0.1) is 5.92 Å². The van der Waals surface area contributed by atoms with Crippen LogP contribution in [0.15, 0.2) is 17.2 Å². The summed E-state index contributed by atoms with van der Waals surface area (Å²) < 4.78 is 27.6. The van der Waals surface area contributed by atoms with Crippen molar-refractivity contribution in [3.8, 4) is 0 Å². The molecule has 0 spiro atoms. The number of carbonyl (C=O) groups excluding carboxylic acids is 2. The number of rotatable bonds is 5. The van der Waals surface area contributed by atoms with Gasteiger partial charge in [0.2, 0.25) is 15.9 Å². The molecule has 2 aliphatic heterocycles. The molecular weight excluding hydrogens is 392 g/mol. The molecule has 3 aliphatic rings. The number of hydrogen-bond acceptors (Lipinski definition) is 4. The molecule has 8 nitrogen and oxygen atoms in total. The molecule has 2 N–H and O–H groups in total. The van der Waals surface area contributed by atoms with Crippen LogP contribution in [-0.2, 0) is 14.8 Å². The number of nitrogens with one attached hydrogen (secondary N) is 2. The molecule has 2 amide bonds. The minimum atomic E-state index is -3.74. The highest BCUT2D eigenvalue weighted by molar-refractivity contribution is 7.89. The lowest BCUT2D eigenvalue weighted by Gasteiger charge is -2.31. The second kappa shape index (κ2) is 8.47. The zero-order valence-corrected chi connectivity index (χ0v) is 17.5. The quantitative estimate of drug-likeness (QED) is 0.754. The van der Waals surface area contributed by atoms with Crippen molar-refractivity contribution in [2.75, 3.05) is 26.2 Å². The number of sulfonamides is 1. The van der Waals surface area contributed by atoms with E-state index >= 15 is 0 Å². The first kappa shape index (κ1) is 20.4. The van der Waals surface area contributed by atoms with Gasteiger partial charge in [-0.15, -0.1) is 0 Å². The molecule has 3 fully saturated rings. The van der Waals surface area contributed by atoms with Gasteiger partial charge in [-0.25, -0.2) is 8.42 Å². The lowest BCUT2D eigenvalue weighted by Crippen LogP contribution is -2.45. The molecular formula is C20H30N4O4S. The monoisotopic (exact) mass is 422 g/mol. The number of aromatic amines is 1. The Bertz CT molecular complexity index is 854. The topological polar surface area (TPSA) is 103 Å². The van der Waals surface area contributed by atoms with Crippen LogP contribution in [0.1, 0.15) is 61.9 Å². The second-order valence-corrected chi connectivity index (χ2v) is 10.4. The zero-order valence-electron chi connectivity index (χ0n) is 16.7. The fourth-order valence-corrected chi connectivity index (χ4v) is 5.68. The summed E-state index contributed by atoms with van der Waals surface area (Å²) in [4.78, 5) is 29.9. The Morgan fingerprint density at radius 3 is 2.41 bits per heavy atom. The van der Waals surface area contributed by atoms with E-state index in [2.05, 4.69) is 10.3 Å². The Balaban J connectivity index is 1.44. The molecule has 9 heteroatoms. The van der Waals surface area contributed by atoms with Gasteiger partial charge in [-0.1, -0.05) is 12.8 Å². The van der Waals surface area contributed by atoms with Crippen LogP contribution in [0.3, 0.4) is 0 Å². The van der Waals surface area contributed by atoms with Crippen molar-refractivity contribution in [3.63, 3.8) is 0 Å². The van der Waals surface area contributed by atoms with Gasteiger partial charge in [-0.2, -0.15) is 4.31 Å². The van der Waals surface area contributed by atoms with E-state index in [0.717, 1.165) is 38.5 Å². The molecule has 1 aromatic rings. The Labute approximate surface area is 172 Å². The van der Waals surface area contributed by atoms with Crippen molar-refractivity contribution in [3.05, 3.63) is 18.0 Å². The van der Waals surface area contributed by atoms with Crippen LogP contribution in [0.5, 0.6) is 0 Å². The maximum Gasteiger partial charge on any atom is 0.270 e. The molecule has 1 aromatic heterocycles. The molecule has 1 atom stereocenters. The molecule has 0 bridgehead atoms. The van der Waals surface area contributed by atoms with Crippen molar-refractivity contribution in [2.24, 2.45) is 5.92 Å². The van der Waals surface area contributed by atoms with E-state index in [1.807, 2.05) is 0 Å². The molecule has 0 aromatic carbocycles. The average molecular weight is 423 g/mol. The average Bonchev–Trinajstić information content (AvgIpc) is 3.46. The number of likely N-dealkylation sites (tertiary alicyclic amines) is 1. The van der Waals surface area contributed by atoms with Crippen LogP contribution < -0.4 is 5.32 Å². The first-order chi connectivity index (χ1) is 13.9. The fraction of sp³-hybridized carbons (Fsp3) is 0.700. The van der Waals surface area contributed by atoms with Gasteiger partial charge in [-0.05, 0) is 44.6 Å². The number of H-pyrrole nitrogens is 1. The molecule has 1 unspecified atom stereocenters. The number of aromatic nitrogens is 1. The van der Waals surface area contributed by atoms with Gasteiger partial charge in [0, 0.05) is 38.4 Å². The predicted octanol–water partition coefficient (Wildman–Crippen LogP) is 1.71. The summed E-state index contributed by atoms with van der Waals surface area (Å²) in [5.41, 5.74) is 0.311. The number of carbonyl (C=O) groups is 2. The highest BCUT2D eigenvalue weighted by atomic mass is 32.2. The van der Waals surface area contributed by atoms with Crippen LogP contribution in [0.4, 0.5) is 0 Å². The van der Waals surface area contributed by atoms with Gasteiger partial charge in [-0.3, -0.25) is 9.59 Å². The fourth-order valence-electron chi connectivity index (χ4n) is 4.16. The van der Waals surface area contributed by atoms with Gasteiger partial charge in [0.1, 0.15) is 10.6 Å². The van der Waals surface area contributed by atoms with Crippen molar-refractivity contribution in [2.45, 2.75) is 62.3 Å². The summed E-state index contributed by atoms with van der Waals surface area (Å²) in [7, 11) is -3.74. The highest BCUT2D eigenvalue weighted by Crippen LogP contribution is 2.26. The molecule has 0 radical (unpaired) electrons.